The van der Waals surface area contributed by atoms with Crippen molar-refractivity contribution in [2.45, 2.75) is 13.3 Å². The van der Waals surface area contributed by atoms with Crippen molar-refractivity contribution in [1.82, 2.24) is 0 Å². The fraction of sp³-hybridized carbons (Fsp3) is 0.273. The molecule has 0 atom stereocenters. The van der Waals surface area contributed by atoms with E-state index in [1.807, 2.05) is 0 Å². The second-order valence-electron chi connectivity index (χ2n) is 2.92. The van der Waals surface area contributed by atoms with Crippen molar-refractivity contribution in [2.24, 2.45) is 0 Å². The maximum Gasteiger partial charge on any atom is 0.0501 e. The van der Waals surface area contributed by atoms with Gasteiger partial charge in [0.2, 0.25) is 0 Å². The third kappa shape index (κ3) is 3.51. The topological polar surface area (TPSA) is 12.0 Å². The van der Waals surface area contributed by atoms with Gasteiger partial charge in [-0.05, 0) is 24.1 Å². The summed E-state index contributed by atoms with van der Waals surface area (Å²) in [7, 11) is 0. The Balaban J connectivity index is 2.54. The second-order valence-corrected chi connectivity index (χ2v) is 3.46. The summed E-state index contributed by atoms with van der Waals surface area (Å²) in [5.74, 6) is 0. The Hall–Kier alpha value is -0.950. The highest BCUT2D eigenvalue weighted by Gasteiger charge is 1.92. The van der Waals surface area contributed by atoms with E-state index in [4.69, 9.17) is 11.6 Å². The molecule has 1 nitrogen and oxygen atoms in total. The molecular weight excluding hydrogens is 182 g/mol. The number of benzene rings is 1. The zero-order chi connectivity index (χ0) is 9.68. The highest BCUT2D eigenvalue weighted by Crippen LogP contribution is 2.10. The van der Waals surface area contributed by atoms with E-state index in [1.165, 1.54) is 5.56 Å². The SMILES string of the molecule is C=C(Cl)CNc1ccc(CC)cc1. The van der Waals surface area contributed by atoms with Gasteiger partial charge < -0.3 is 5.32 Å². The first-order valence-electron chi connectivity index (χ1n) is 4.38. The van der Waals surface area contributed by atoms with Gasteiger partial charge in [-0.15, -0.1) is 0 Å². The highest BCUT2D eigenvalue weighted by atomic mass is 35.5. The van der Waals surface area contributed by atoms with E-state index in [9.17, 15) is 0 Å². The minimum atomic E-state index is 0.618. The van der Waals surface area contributed by atoms with Gasteiger partial charge in [0, 0.05) is 10.7 Å². The third-order valence-corrected chi connectivity index (χ3v) is 1.98. The van der Waals surface area contributed by atoms with Gasteiger partial charge in [-0.25, -0.2) is 0 Å². The monoisotopic (exact) mass is 195 g/mol. The van der Waals surface area contributed by atoms with Crippen LogP contribution in [0.25, 0.3) is 0 Å². The van der Waals surface area contributed by atoms with Gasteiger partial charge >= 0.3 is 0 Å². The number of hydrogen-bond donors (Lipinski definition) is 1. The molecule has 1 rings (SSSR count). The minimum Gasteiger partial charge on any atom is -0.380 e. The Kier molecular flexibility index (Phi) is 3.84. The van der Waals surface area contributed by atoms with Crippen LogP contribution in [0.4, 0.5) is 5.69 Å². The number of nitrogens with one attached hydrogen (secondary N) is 1. The summed E-state index contributed by atoms with van der Waals surface area (Å²) in [5, 5.41) is 3.79. The lowest BCUT2D eigenvalue weighted by atomic mass is 10.1. The summed E-state index contributed by atoms with van der Waals surface area (Å²) in [6.45, 7) is 6.37. The van der Waals surface area contributed by atoms with Crippen LogP contribution in [0.2, 0.25) is 0 Å². The molecule has 0 aromatic heterocycles. The number of aryl methyl sites for hydroxylation is 1. The Morgan fingerprint density at radius 2 is 2.00 bits per heavy atom. The van der Waals surface area contributed by atoms with Crippen LogP contribution in [0.1, 0.15) is 12.5 Å². The van der Waals surface area contributed by atoms with Gasteiger partial charge in [-0.2, -0.15) is 0 Å². The van der Waals surface area contributed by atoms with Gasteiger partial charge in [-0.3, -0.25) is 0 Å². The normalized spacial score (nSPS) is 9.69. The second kappa shape index (κ2) is 4.93. The summed E-state index contributed by atoms with van der Waals surface area (Å²) < 4.78 is 0. The van der Waals surface area contributed by atoms with Crippen LogP contribution in [0, 0.1) is 0 Å². The fourth-order valence-electron chi connectivity index (χ4n) is 1.06. The lowest BCUT2D eigenvalue weighted by molar-refractivity contribution is 1.14. The van der Waals surface area contributed by atoms with Crippen LogP contribution in [0.5, 0.6) is 0 Å². The molecule has 0 fully saturated rings. The molecule has 1 aromatic carbocycles. The van der Waals surface area contributed by atoms with Gasteiger partial charge in [0.1, 0.15) is 0 Å². The first-order valence-corrected chi connectivity index (χ1v) is 4.76. The van der Waals surface area contributed by atoms with Crippen molar-refractivity contribution in [3.05, 3.63) is 41.4 Å². The number of rotatable bonds is 4. The first kappa shape index (κ1) is 10.1. The van der Waals surface area contributed by atoms with Crippen molar-refractivity contribution < 1.29 is 0 Å². The molecule has 13 heavy (non-hydrogen) atoms. The van der Waals surface area contributed by atoms with E-state index in [2.05, 4.69) is 43.1 Å². The number of hydrogen-bond acceptors (Lipinski definition) is 1. The lowest BCUT2D eigenvalue weighted by Crippen LogP contribution is -2.00. The summed E-state index contributed by atoms with van der Waals surface area (Å²) in [6.07, 6.45) is 1.07. The molecule has 1 aromatic rings. The summed E-state index contributed by atoms with van der Waals surface area (Å²) in [6, 6.07) is 8.33. The van der Waals surface area contributed by atoms with Crippen molar-refractivity contribution >= 4 is 17.3 Å². The Bertz CT molecular complexity index is 277. The molecule has 0 unspecified atom stereocenters. The molecule has 0 saturated heterocycles. The average Bonchev–Trinajstić information content (AvgIpc) is 2.15. The molecule has 0 saturated carbocycles. The molecule has 0 aliphatic rings. The molecule has 2 heteroatoms. The van der Waals surface area contributed by atoms with E-state index < -0.39 is 0 Å². The van der Waals surface area contributed by atoms with Gasteiger partial charge in [0.15, 0.2) is 0 Å². The lowest BCUT2D eigenvalue weighted by Gasteiger charge is -2.05. The van der Waals surface area contributed by atoms with Crippen molar-refractivity contribution in [2.75, 3.05) is 11.9 Å². The Morgan fingerprint density at radius 3 is 2.46 bits per heavy atom. The largest absolute Gasteiger partial charge is 0.380 e. The summed E-state index contributed by atoms with van der Waals surface area (Å²) in [5.41, 5.74) is 2.43. The van der Waals surface area contributed by atoms with E-state index in [1.54, 1.807) is 0 Å². The van der Waals surface area contributed by atoms with Gasteiger partial charge in [-0.1, -0.05) is 37.2 Å². The van der Waals surface area contributed by atoms with E-state index in [-0.39, 0.29) is 0 Å². The first-order chi connectivity index (χ1) is 6.22. The van der Waals surface area contributed by atoms with Crippen LogP contribution >= 0.6 is 11.6 Å². The van der Waals surface area contributed by atoms with Gasteiger partial charge in [0.05, 0.1) is 6.54 Å². The Labute approximate surface area is 84.4 Å². The van der Waals surface area contributed by atoms with Crippen molar-refractivity contribution in [1.29, 1.82) is 0 Å². The van der Waals surface area contributed by atoms with E-state index in [0.717, 1.165) is 12.1 Å². The number of anilines is 1. The molecule has 0 aliphatic heterocycles. The van der Waals surface area contributed by atoms with Crippen LogP contribution in [-0.4, -0.2) is 6.54 Å². The zero-order valence-electron chi connectivity index (χ0n) is 7.81. The van der Waals surface area contributed by atoms with Crippen molar-refractivity contribution in [3.63, 3.8) is 0 Å². The molecule has 0 aliphatic carbocycles. The molecular formula is C11H14ClN. The third-order valence-electron chi connectivity index (χ3n) is 1.85. The number of halogens is 1. The summed E-state index contributed by atoms with van der Waals surface area (Å²) in [4.78, 5) is 0. The molecule has 0 radical (unpaired) electrons. The van der Waals surface area contributed by atoms with E-state index >= 15 is 0 Å². The molecule has 0 bridgehead atoms. The highest BCUT2D eigenvalue weighted by molar-refractivity contribution is 6.29. The van der Waals surface area contributed by atoms with E-state index in [0.29, 0.717) is 11.6 Å². The van der Waals surface area contributed by atoms with Gasteiger partial charge in [0.25, 0.3) is 0 Å². The van der Waals surface area contributed by atoms with Crippen LogP contribution in [0.3, 0.4) is 0 Å². The Morgan fingerprint density at radius 1 is 1.38 bits per heavy atom. The maximum absolute atomic E-state index is 5.63. The quantitative estimate of drug-likeness (QED) is 0.777. The smallest absolute Gasteiger partial charge is 0.0501 e. The minimum absolute atomic E-state index is 0.618. The summed E-state index contributed by atoms with van der Waals surface area (Å²) >= 11 is 5.63. The van der Waals surface area contributed by atoms with Crippen LogP contribution in [-0.2, 0) is 6.42 Å². The maximum atomic E-state index is 5.63. The average molecular weight is 196 g/mol. The molecule has 1 N–H and O–H groups in total. The standard InChI is InChI=1S/C11H14ClN/c1-3-10-4-6-11(7-5-10)13-8-9(2)12/h4-7,13H,2-3,8H2,1H3. The predicted octanol–water partition coefficient (Wildman–Crippen LogP) is 3.41. The van der Waals surface area contributed by atoms with Crippen LogP contribution in [0.15, 0.2) is 35.9 Å². The molecule has 0 amide bonds. The molecule has 0 heterocycles. The molecule has 0 spiro atoms. The fourth-order valence-corrected chi connectivity index (χ4v) is 1.12. The molecule has 70 valence electrons. The predicted molar refractivity (Wildman–Crippen MR) is 59.3 cm³/mol. The zero-order valence-corrected chi connectivity index (χ0v) is 8.56. The van der Waals surface area contributed by atoms with Crippen LogP contribution < -0.4 is 5.32 Å². The van der Waals surface area contributed by atoms with Crippen molar-refractivity contribution in [3.8, 4) is 0 Å².